The summed E-state index contributed by atoms with van der Waals surface area (Å²) in [5.41, 5.74) is 2.64. The minimum Gasteiger partial charge on any atom is -0.475 e. The number of ether oxygens (including phenoxy) is 1. The van der Waals surface area contributed by atoms with E-state index in [1.54, 1.807) is 0 Å². The van der Waals surface area contributed by atoms with Crippen LogP contribution in [0.25, 0.3) is 0 Å². The second-order valence-corrected chi connectivity index (χ2v) is 5.73. The number of rotatable bonds is 6. The fourth-order valence-electron chi connectivity index (χ4n) is 2.74. The van der Waals surface area contributed by atoms with Gasteiger partial charge in [0.05, 0.1) is 0 Å². The summed E-state index contributed by atoms with van der Waals surface area (Å²) >= 11 is 0. The summed E-state index contributed by atoms with van der Waals surface area (Å²) in [5.74, 6) is 0.778. The topological polar surface area (TPSA) is 30.3 Å². The molecule has 0 aliphatic carbocycles. The van der Waals surface area contributed by atoms with Crippen molar-refractivity contribution in [1.29, 1.82) is 0 Å². The van der Waals surface area contributed by atoms with Crippen molar-refractivity contribution in [3.8, 4) is 5.88 Å². The highest BCUT2D eigenvalue weighted by Gasteiger charge is 2.12. The van der Waals surface area contributed by atoms with E-state index >= 15 is 0 Å². The number of nitrogens with zero attached hydrogens (tertiary/aromatic N) is 3. The largest absolute Gasteiger partial charge is 0.475 e. The molecule has 1 aliphatic rings. The molecular formula is C17H23N3O. The summed E-state index contributed by atoms with van der Waals surface area (Å²) in [6.45, 7) is 3.56. The van der Waals surface area contributed by atoms with Crippen LogP contribution in [0.5, 0.6) is 5.88 Å². The SMILES string of the molecule is CN(CCOc1cc2n(n1)CCCC2)Cc1ccccc1. The van der Waals surface area contributed by atoms with Gasteiger partial charge in [0, 0.05) is 31.4 Å². The molecule has 112 valence electrons. The van der Waals surface area contributed by atoms with Crippen LogP contribution in [-0.2, 0) is 19.5 Å². The van der Waals surface area contributed by atoms with Crippen molar-refractivity contribution < 1.29 is 4.74 Å². The number of benzene rings is 1. The fraction of sp³-hybridized carbons (Fsp3) is 0.471. The predicted octanol–water partition coefficient (Wildman–Crippen LogP) is 2.73. The first-order valence-electron chi connectivity index (χ1n) is 7.73. The molecule has 0 fully saturated rings. The van der Waals surface area contributed by atoms with Gasteiger partial charge in [0.15, 0.2) is 0 Å². The zero-order valence-electron chi connectivity index (χ0n) is 12.7. The molecule has 0 N–H and O–H groups in total. The van der Waals surface area contributed by atoms with Crippen molar-refractivity contribution in [2.24, 2.45) is 0 Å². The average molecular weight is 285 g/mol. The Kier molecular flexibility index (Phi) is 4.55. The van der Waals surface area contributed by atoms with Crippen LogP contribution >= 0.6 is 0 Å². The van der Waals surface area contributed by atoms with Crippen LogP contribution in [0.4, 0.5) is 0 Å². The lowest BCUT2D eigenvalue weighted by atomic mass is 10.1. The van der Waals surface area contributed by atoms with Crippen LogP contribution < -0.4 is 4.74 Å². The van der Waals surface area contributed by atoms with E-state index in [9.17, 15) is 0 Å². The Hall–Kier alpha value is -1.81. The van der Waals surface area contributed by atoms with Gasteiger partial charge in [-0.2, -0.15) is 0 Å². The molecule has 0 radical (unpaired) electrons. The van der Waals surface area contributed by atoms with Gasteiger partial charge in [0.2, 0.25) is 5.88 Å². The van der Waals surface area contributed by atoms with Gasteiger partial charge < -0.3 is 4.74 Å². The van der Waals surface area contributed by atoms with Crippen molar-refractivity contribution in [3.63, 3.8) is 0 Å². The van der Waals surface area contributed by atoms with Crippen molar-refractivity contribution in [2.45, 2.75) is 32.4 Å². The van der Waals surface area contributed by atoms with Crippen LogP contribution in [-0.4, -0.2) is 34.9 Å². The molecular weight excluding hydrogens is 262 g/mol. The molecule has 4 heteroatoms. The third kappa shape index (κ3) is 3.85. The zero-order valence-corrected chi connectivity index (χ0v) is 12.7. The number of hydrogen-bond donors (Lipinski definition) is 0. The molecule has 0 amide bonds. The lowest BCUT2D eigenvalue weighted by Crippen LogP contribution is -2.23. The number of likely N-dealkylation sites (N-methyl/N-ethyl adjacent to an activating group) is 1. The van der Waals surface area contributed by atoms with Gasteiger partial charge in [-0.3, -0.25) is 9.58 Å². The molecule has 4 nitrogen and oxygen atoms in total. The van der Waals surface area contributed by atoms with Gasteiger partial charge in [0.1, 0.15) is 6.61 Å². The van der Waals surface area contributed by atoms with Crippen LogP contribution in [0.3, 0.4) is 0 Å². The highest BCUT2D eigenvalue weighted by atomic mass is 16.5. The van der Waals surface area contributed by atoms with E-state index in [1.807, 2.05) is 6.07 Å². The van der Waals surface area contributed by atoms with E-state index in [-0.39, 0.29) is 0 Å². The van der Waals surface area contributed by atoms with Gasteiger partial charge in [-0.15, -0.1) is 5.10 Å². The molecule has 2 aromatic rings. The Morgan fingerprint density at radius 1 is 1.24 bits per heavy atom. The second kappa shape index (κ2) is 6.76. The second-order valence-electron chi connectivity index (χ2n) is 5.73. The van der Waals surface area contributed by atoms with Crippen molar-refractivity contribution in [1.82, 2.24) is 14.7 Å². The van der Waals surface area contributed by atoms with Gasteiger partial charge in [-0.05, 0) is 31.9 Å². The normalized spacial score (nSPS) is 14.2. The minimum atomic E-state index is 0.680. The Morgan fingerprint density at radius 3 is 2.90 bits per heavy atom. The van der Waals surface area contributed by atoms with Crippen LogP contribution in [0.1, 0.15) is 24.1 Å². The van der Waals surface area contributed by atoms with Crippen molar-refractivity contribution in [3.05, 3.63) is 47.7 Å². The molecule has 0 spiro atoms. The van der Waals surface area contributed by atoms with E-state index in [1.165, 1.54) is 24.1 Å². The van der Waals surface area contributed by atoms with Gasteiger partial charge >= 0.3 is 0 Å². The fourth-order valence-corrected chi connectivity index (χ4v) is 2.74. The van der Waals surface area contributed by atoms with Gasteiger partial charge in [0.25, 0.3) is 0 Å². The van der Waals surface area contributed by atoms with E-state index in [4.69, 9.17) is 4.74 Å². The van der Waals surface area contributed by atoms with E-state index in [0.29, 0.717) is 6.61 Å². The Morgan fingerprint density at radius 2 is 2.10 bits per heavy atom. The Balaban J connectivity index is 1.44. The first-order valence-corrected chi connectivity index (χ1v) is 7.73. The quantitative estimate of drug-likeness (QED) is 0.817. The number of aryl methyl sites for hydroxylation is 2. The molecule has 21 heavy (non-hydrogen) atoms. The lowest BCUT2D eigenvalue weighted by Gasteiger charge is -2.16. The third-order valence-corrected chi connectivity index (χ3v) is 3.91. The summed E-state index contributed by atoms with van der Waals surface area (Å²) in [4.78, 5) is 2.27. The first kappa shape index (κ1) is 14.1. The maximum Gasteiger partial charge on any atom is 0.233 e. The molecule has 3 rings (SSSR count). The Bertz CT molecular complexity index is 541. The van der Waals surface area contributed by atoms with Gasteiger partial charge in [-0.25, -0.2) is 0 Å². The standard InChI is InChI=1S/C17H23N3O/c1-19(14-15-7-3-2-4-8-15)11-12-21-17-13-16-9-5-6-10-20(16)18-17/h2-4,7-8,13H,5-6,9-12,14H2,1H3. The molecule has 2 heterocycles. The summed E-state index contributed by atoms with van der Waals surface area (Å²) in [5, 5.41) is 4.51. The average Bonchev–Trinajstić information content (AvgIpc) is 2.91. The monoisotopic (exact) mass is 285 g/mol. The highest BCUT2D eigenvalue weighted by Crippen LogP contribution is 2.19. The van der Waals surface area contributed by atoms with E-state index in [0.717, 1.165) is 31.9 Å². The summed E-state index contributed by atoms with van der Waals surface area (Å²) in [6, 6.07) is 12.6. The van der Waals surface area contributed by atoms with E-state index < -0.39 is 0 Å². The predicted molar refractivity (Wildman–Crippen MR) is 83.4 cm³/mol. The van der Waals surface area contributed by atoms with Crippen LogP contribution in [0.2, 0.25) is 0 Å². The number of aromatic nitrogens is 2. The van der Waals surface area contributed by atoms with Crippen LogP contribution in [0, 0.1) is 0 Å². The lowest BCUT2D eigenvalue weighted by molar-refractivity contribution is 0.225. The maximum atomic E-state index is 5.79. The molecule has 1 aromatic carbocycles. The molecule has 0 bridgehead atoms. The number of fused-ring (bicyclic) bond motifs is 1. The summed E-state index contributed by atoms with van der Waals surface area (Å²) in [6.07, 6.45) is 3.63. The number of hydrogen-bond acceptors (Lipinski definition) is 3. The minimum absolute atomic E-state index is 0.680. The molecule has 0 saturated carbocycles. The first-order chi connectivity index (χ1) is 10.3. The molecule has 0 unspecified atom stereocenters. The maximum absolute atomic E-state index is 5.79. The van der Waals surface area contributed by atoms with E-state index in [2.05, 4.69) is 52.1 Å². The zero-order chi connectivity index (χ0) is 14.5. The van der Waals surface area contributed by atoms with Crippen molar-refractivity contribution in [2.75, 3.05) is 20.2 Å². The van der Waals surface area contributed by atoms with Gasteiger partial charge in [-0.1, -0.05) is 30.3 Å². The highest BCUT2D eigenvalue weighted by molar-refractivity contribution is 5.17. The molecule has 0 atom stereocenters. The Labute approximate surface area is 126 Å². The van der Waals surface area contributed by atoms with Crippen LogP contribution in [0.15, 0.2) is 36.4 Å². The summed E-state index contributed by atoms with van der Waals surface area (Å²) in [7, 11) is 2.12. The molecule has 1 aromatic heterocycles. The molecule has 1 aliphatic heterocycles. The molecule has 0 saturated heterocycles. The van der Waals surface area contributed by atoms with Crippen molar-refractivity contribution >= 4 is 0 Å². The third-order valence-electron chi connectivity index (χ3n) is 3.91. The summed E-state index contributed by atoms with van der Waals surface area (Å²) < 4.78 is 7.88. The smallest absolute Gasteiger partial charge is 0.233 e.